The fourth-order valence-corrected chi connectivity index (χ4v) is 1.96. The summed E-state index contributed by atoms with van der Waals surface area (Å²) in [6, 6.07) is 0.143. The molecule has 1 N–H and O–H groups in total. The SMILES string of the molecule is CCC(NC)c1nnc(C2CCCCO2)o1. The molecule has 1 aliphatic rings. The second-order valence-corrected chi connectivity index (χ2v) is 4.08. The minimum absolute atomic E-state index is 0.00404. The summed E-state index contributed by atoms with van der Waals surface area (Å²) >= 11 is 0. The molecule has 1 fully saturated rings. The van der Waals surface area contributed by atoms with Crippen LogP contribution in [0.4, 0.5) is 0 Å². The molecule has 2 heterocycles. The number of nitrogens with one attached hydrogen (secondary N) is 1. The Morgan fingerprint density at radius 2 is 2.31 bits per heavy atom. The second kappa shape index (κ2) is 5.41. The Kier molecular flexibility index (Phi) is 3.90. The molecule has 1 aromatic rings. The second-order valence-electron chi connectivity index (χ2n) is 4.08. The molecule has 2 rings (SSSR count). The molecule has 0 bridgehead atoms. The Balaban J connectivity index is 2.05. The quantitative estimate of drug-likeness (QED) is 0.849. The zero-order chi connectivity index (χ0) is 11.4. The van der Waals surface area contributed by atoms with Crippen LogP contribution in [0.25, 0.3) is 0 Å². The summed E-state index contributed by atoms with van der Waals surface area (Å²) in [4.78, 5) is 0. The van der Waals surface area contributed by atoms with Gasteiger partial charge in [0.2, 0.25) is 11.8 Å². The van der Waals surface area contributed by atoms with Gasteiger partial charge in [-0.25, -0.2) is 0 Å². The fourth-order valence-electron chi connectivity index (χ4n) is 1.96. The predicted octanol–water partition coefficient (Wildman–Crippen LogP) is 1.98. The minimum atomic E-state index is 0.00404. The molecule has 0 spiro atoms. The first kappa shape index (κ1) is 11.5. The van der Waals surface area contributed by atoms with Crippen molar-refractivity contribution in [2.45, 2.75) is 44.8 Å². The molecule has 2 atom stereocenters. The van der Waals surface area contributed by atoms with E-state index in [1.807, 2.05) is 7.05 Å². The molecule has 2 unspecified atom stereocenters. The Morgan fingerprint density at radius 3 is 2.94 bits per heavy atom. The lowest BCUT2D eigenvalue weighted by Crippen LogP contribution is -2.15. The van der Waals surface area contributed by atoms with Crippen LogP contribution in [0.3, 0.4) is 0 Å². The summed E-state index contributed by atoms with van der Waals surface area (Å²) in [5.41, 5.74) is 0. The van der Waals surface area contributed by atoms with Crippen molar-refractivity contribution in [2.24, 2.45) is 0 Å². The van der Waals surface area contributed by atoms with E-state index in [0.29, 0.717) is 11.8 Å². The lowest BCUT2D eigenvalue weighted by atomic mass is 10.1. The van der Waals surface area contributed by atoms with Crippen molar-refractivity contribution in [3.05, 3.63) is 11.8 Å². The van der Waals surface area contributed by atoms with Gasteiger partial charge in [-0.3, -0.25) is 0 Å². The maximum Gasteiger partial charge on any atom is 0.245 e. The van der Waals surface area contributed by atoms with E-state index in [2.05, 4.69) is 22.4 Å². The first-order valence-electron chi connectivity index (χ1n) is 5.97. The van der Waals surface area contributed by atoms with Gasteiger partial charge in [-0.2, -0.15) is 0 Å². The highest BCUT2D eigenvalue weighted by Gasteiger charge is 2.23. The largest absolute Gasteiger partial charge is 0.421 e. The number of hydrogen-bond acceptors (Lipinski definition) is 5. The molecule has 16 heavy (non-hydrogen) atoms. The number of rotatable bonds is 4. The molecule has 0 aliphatic carbocycles. The van der Waals surface area contributed by atoms with E-state index in [-0.39, 0.29) is 12.1 Å². The maximum atomic E-state index is 5.66. The third-order valence-corrected chi connectivity index (χ3v) is 2.97. The van der Waals surface area contributed by atoms with E-state index in [1.165, 1.54) is 6.42 Å². The summed E-state index contributed by atoms with van der Waals surface area (Å²) in [5, 5.41) is 11.3. The van der Waals surface area contributed by atoms with Crippen LogP contribution in [0.5, 0.6) is 0 Å². The summed E-state index contributed by atoms with van der Waals surface area (Å²) < 4.78 is 11.3. The highest BCUT2D eigenvalue weighted by atomic mass is 16.5. The first-order valence-corrected chi connectivity index (χ1v) is 5.97. The van der Waals surface area contributed by atoms with Crippen LogP contribution >= 0.6 is 0 Å². The van der Waals surface area contributed by atoms with E-state index in [9.17, 15) is 0 Å². The van der Waals surface area contributed by atoms with Gasteiger partial charge in [0.1, 0.15) is 6.10 Å². The van der Waals surface area contributed by atoms with Gasteiger partial charge < -0.3 is 14.5 Å². The predicted molar refractivity (Wildman–Crippen MR) is 58.9 cm³/mol. The molecule has 0 amide bonds. The van der Waals surface area contributed by atoms with Crippen molar-refractivity contribution in [1.29, 1.82) is 0 Å². The van der Waals surface area contributed by atoms with Crippen LogP contribution in [-0.4, -0.2) is 23.9 Å². The maximum absolute atomic E-state index is 5.66. The lowest BCUT2D eigenvalue weighted by molar-refractivity contribution is -0.00239. The van der Waals surface area contributed by atoms with Gasteiger partial charge in [-0.15, -0.1) is 10.2 Å². The normalized spacial score (nSPS) is 23.2. The number of nitrogens with zero attached hydrogens (tertiary/aromatic N) is 2. The van der Waals surface area contributed by atoms with E-state index >= 15 is 0 Å². The van der Waals surface area contributed by atoms with Crippen molar-refractivity contribution in [2.75, 3.05) is 13.7 Å². The van der Waals surface area contributed by atoms with Crippen molar-refractivity contribution in [1.82, 2.24) is 15.5 Å². The minimum Gasteiger partial charge on any atom is -0.421 e. The Morgan fingerprint density at radius 1 is 1.44 bits per heavy atom. The summed E-state index contributed by atoms with van der Waals surface area (Å²) in [6.07, 6.45) is 4.23. The summed E-state index contributed by atoms with van der Waals surface area (Å²) in [7, 11) is 1.90. The van der Waals surface area contributed by atoms with Gasteiger partial charge in [-0.1, -0.05) is 6.92 Å². The van der Waals surface area contributed by atoms with Gasteiger partial charge in [0.05, 0.1) is 6.04 Å². The number of hydrogen-bond donors (Lipinski definition) is 1. The zero-order valence-corrected chi connectivity index (χ0v) is 9.90. The van der Waals surface area contributed by atoms with Crippen LogP contribution in [0, 0.1) is 0 Å². The molecule has 0 saturated carbocycles. The van der Waals surface area contributed by atoms with Crippen molar-refractivity contribution in [3.8, 4) is 0 Å². The molecule has 0 radical (unpaired) electrons. The smallest absolute Gasteiger partial charge is 0.245 e. The summed E-state index contributed by atoms with van der Waals surface area (Å²) in [5.74, 6) is 1.29. The van der Waals surface area contributed by atoms with Gasteiger partial charge in [-0.05, 0) is 32.7 Å². The molecule has 1 aliphatic heterocycles. The van der Waals surface area contributed by atoms with Crippen LogP contribution in [0.2, 0.25) is 0 Å². The van der Waals surface area contributed by atoms with E-state index in [0.717, 1.165) is 25.9 Å². The Bertz CT molecular complexity index is 317. The third-order valence-electron chi connectivity index (χ3n) is 2.97. The van der Waals surface area contributed by atoms with Gasteiger partial charge in [0, 0.05) is 6.61 Å². The molecular formula is C11H19N3O2. The molecular weight excluding hydrogens is 206 g/mol. The standard InChI is InChI=1S/C11H19N3O2/c1-3-8(12-2)10-13-14-11(16-10)9-6-4-5-7-15-9/h8-9,12H,3-7H2,1-2H3. The highest BCUT2D eigenvalue weighted by molar-refractivity contribution is 4.92. The third kappa shape index (κ3) is 2.41. The van der Waals surface area contributed by atoms with Crippen molar-refractivity contribution >= 4 is 0 Å². The number of ether oxygens (including phenoxy) is 1. The fraction of sp³-hybridized carbons (Fsp3) is 0.818. The molecule has 5 heteroatoms. The van der Waals surface area contributed by atoms with Crippen LogP contribution in [0.1, 0.15) is 56.5 Å². The van der Waals surface area contributed by atoms with Gasteiger partial charge in [0.15, 0.2) is 0 Å². The molecule has 90 valence electrons. The van der Waals surface area contributed by atoms with Gasteiger partial charge in [0.25, 0.3) is 0 Å². The van der Waals surface area contributed by atoms with E-state index in [1.54, 1.807) is 0 Å². The summed E-state index contributed by atoms with van der Waals surface area (Å²) in [6.45, 7) is 2.88. The van der Waals surface area contributed by atoms with Crippen LogP contribution in [-0.2, 0) is 4.74 Å². The lowest BCUT2D eigenvalue weighted by Gasteiger charge is -2.18. The zero-order valence-electron chi connectivity index (χ0n) is 9.90. The monoisotopic (exact) mass is 225 g/mol. The van der Waals surface area contributed by atoms with Crippen LogP contribution in [0.15, 0.2) is 4.42 Å². The van der Waals surface area contributed by atoms with Gasteiger partial charge >= 0.3 is 0 Å². The topological polar surface area (TPSA) is 60.2 Å². The van der Waals surface area contributed by atoms with Crippen molar-refractivity contribution < 1.29 is 9.15 Å². The van der Waals surface area contributed by atoms with Crippen molar-refractivity contribution in [3.63, 3.8) is 0 Å². The van der Waals surface area contributed by atoms with Crippen LogP contribution < -0.4 is 5.32 Å². The van der Waals surface area contributed by atoms with E-state index < -0.39 is 0 Å². The highest BCUT2D eigenvalue weighted by Crippen LogP contribution is 2.27. The molecule has 1 aromatic heterocycles. The first-order chi connectivity index (χ1) is 7.85. The Labute approximate surface area is 95.6 Å². The molecule has 1 saturated heterocycles. The average molecular weight is 225 g/mol. The van der Waals surface area contributed by atoms with E-state index in [4.69, 9.17) is 9.15 Å². The molecule has 5 nitrogen and oxygen atoms in total. The number of aromatic nitrogens is 2. The Hall–Kier alpha value is -0.940. The average Bonchev–Trinajstić information content (AvgIpc) is 2.81. The molecule has 0 aromatic carbocycles.